The number of hydrogen-bond acceptors (Lipinski definition) is 2. The van der Waals surface area contributed by atoms with E-state index in [1.165, 1.54) is 36.0 Å². The smallest absolute Gasteiger partial charge is 0.0915 e. The summed E-state index contributed by atoms with van der Waals surface area (Å²) in [6.45, 7) is 25.9. The largest absolute Gasteiger partial charge is 0.291 e. The molecule has 0 aliphatic carbocycles. The van der Waals surface area contributed by atoms with E-state index in [4.69, 9.17) is 4.84 Å². The number of benzene rings is 2. The molecular formula is C35H55NO. The van der Waals surface area contributed by atoms with E-state index >= 15 is 0 Å². The molecule has 0 N–H and O–H groups in total. The molecule has 1 fully saturated rings. The number of hydrogen-bond donors (Lipinski definition) is 0. The molecular weight excluding hydrogens is 450 g/mol. The van der Waals surface area contributed by atoms with Crippen molar-refractivity contribution < 1.29 is 4.84 Å². The van der Waals surface area contributed by atoms with Crippen LogP contribution in [0.2, 0.25) is 0 Å². The topological polar surface area (TPSA) is 12.5 Å². The zero-order chi connectivity index (χ0) is 27.6. The summed E-state index contributed by atoms with van der Waals surface area (Å²) in [6.07, 6.45) is 5.96. The van der Waals surface area contributed by atoms with Crippen LogP contribution in [-0.4, -0.2) is 21.7 Å². The summed E-state index contributed by atoms with van der Waals surface area (Å²) in [7, 11) is 0. The summed E-state index contributed by atoms with van der Waals surface area (Å²) in [5.74, 6) is 1.21. The quantitative estimate of drug-likeness (QED) is 0.318. The van der Waals surface area contributed by atoms with Gasteiger partial charge in [-0.2, -0.15) is 5.06 Å². The SMILES string of the molecule is CCC(CC)c1ccc(C(C)(C)C(C)C(c2ccccc2)C(C)(C)ON2C(C)(C)CCCC2(C)C)cc1. The van der Waals surface area contributed by atoms with Crippen LogP contribution >= 0.6 is 0 Å². The van der Waals surface area contributed by atoms with E-state index in [0.29, 0.717) is 11.8 Å². The first-order valence-corrected chi connectivity index (χ1v) is 14.8. The van der Waals surface area contributed by atoms with Crippen LogP contribution in [-0.2, 0) is 10.3 Å². The minimum absolute atomic E-state index is 0.00391. The van der Waals surface area contributed by atoms with Crippen molar-refractivity contribution in [2.75, 3.05) is 0 Å². The normalized spacial score (nSPS) is 20.1. The highest BCUT2D eigenvalue weighted by Gasteiger charge is 2.49. The molecule has 37 heavy (non-hydrogen) atoms. The molecule has 2 aromatic carbocycles. The highest BCUT2D eigenvalue weighted by Crippen LogP contribution is 2.49. The predicted octanol–water partition coefficient (Wildman–Crippen LogP) is 10.0. The first kappa shape index (κ1) is 29.9. The molecule has 1 aliphatic rings. The van der Waals surface area contributed by atoms with Crippen LogP contribution in [0.4, 0.5) is 0 Å². The monoisotopic (exact) mass is 505 g/mol. The Bertz CT molecular complexity index is 966. The zero-order valence-corrected chi connectivity index (χ0v) is 25.8. The van der Waals surface area contributed by atoms with Gasteiger partial charge in [0.05, 0.1) is 5.60 Å². The second-order valence-electron chi connectivity index (χ2n) is 14.0. The minimum Gasteiger partial charge on any atom is -0.291 e. The minimum atomic E-state index is -0.390. The maximum Gasteiger partial charge on any atom is 0.0915 e. The molecule has 0 amide bonds. The van der Waals surface area contributed by atoms with Gasteiger partial charge in [-0.1, -0.05) is 89.2 Å². The Kier molecular flexibility index (Phi) is 9.08. The van der Waals surface area contributed by atoms with Crippen LogP contribution in [0.3, 0.4) is 0 Å². The fourth-order valence-electron chi connectivity index (χ4n) is 7.09. The van der Waals surface area contributed by atoms with Gasteiger partial charge >= 0.3 is 0 Å². The van der Waals surface area contributed by atoms with E-state index < -0.39 is 0 Å². The van der Waals surface area contributed by atoms with Gasteiger partial charge in [-0.05, 0) is 108 Å². The number of piperidine rings is 1. The average Bonchev–Trinajstić information content (AvgIpc) is 2.83. The van der Waals surface area contributed by atoms with Gasteiger partial charge in [0.25, 0.3) is 0 Å². The van der Waals surface area contributed by atoms with Crippen LogP contribution in [0.25, 0.3) is 0 Å². The fraction of sp³-hybridized carbons (Fsp3) is 0.657. The third-order valence-corrected chi connectivity index (χ3v) is 9.66. The van der Waals surface area contributed by atoms with Crippen molar-refractivity contribution in [3.05, 3.63) is 71.3 Å². The molecule has 2 nitrogen and oxygen atoms in total. The second kappa shape index (κ2) is 11.2. The van der Waals surface area contributed by atoms with E-state index in [0.717, 1.165) is 12.8 Å². The van der Waals surface area contributed by atoms with Crippen molar-refractivity contribution in [1.29, 1.82) is 0 Å². The molecule has 3 rings (SSSR count). The Morgan fingerprint density at radius 2 is 1.30 bits per heavy atom. The Labute approximate surface area is 229 Å². The summed E-state index contributed by atoms with van der Waals surface area (Å²) in [4.78, 5) is 7.19. The van der Waals surface area contributed by atoms with Gasteiger partial charge in [-0.3, -0.25) is 4.84 Å². The summed E-state index contributed by atoms with van der Waals surface area (Å²) < 4.78 is 0. The van der Waals surface area contributed by atoms with Crippen molar-refractivity contribution >= 4 is 0 Å². The Hall–Kier alpha value is -1.64. The van der Waals surface area contributed by atoms with Gasteiger partial charge in [0.15, 0.2) is 0 Å². The molecule has 1 heterocycles. The molecule has 1 aliphatic heterocycles. The molecule has 2 atom stereocenters. The molecule has 1 saturated heterocycles. The first-order chi connectivity index (χ1) is 17.2. The zero-order valence-electron chi connectivity index (χ0n) is 25.8. The Balaban J connectivity index is 2.01. The summed E-state index contributed by atoms with van der Waals surface area (Å²) in [5, 5.41) is 2.35. The lowest BCUT2D eigenvalue weighted by atomic mass is 9.63. The van der Waals surface area contributed by atoms with Crippen LogP contribution < -0.4 is 0 Å². The molecule has 2 aromatic rings. The van der Waals surface area contributed by atoms with Crippen LogP contribution in [0.1, 0.15) is 137 Å². The highest BCUT2D eigenvalue weighted by molar-refractivity contribution is 5.33. The van der Waals surface area contributed by atoms with Gasteiger partial charge in [0.2, 0.25) is 0 Å². The number of nitrogens with zero attached hydrogens (tertiary/aromatic N) is 1. The van der Waals surface area contributed by atoms with Crippen LogP contribution in [0, 0.1) is 5.92 Å². The standard InChI is InChI=1S/C35H55NO/c1-12-27(13-2)28-20-22-30(23-21-28)34(8,9)26(3)31(29-18-15-14-16-19-29)35(10,11)37-36-32(4,5)24-17-25-33(36,6)7/h14-16,18-23,26-27,31H,12-13,17,24-25H2,1-11H3. The van der Waals surface area contributed by atoms with Crippen molar-refractivity contribution in [3.8, 4) is 0 Å². The second-order valence-corrected chi connectivity index (χ2v) is 14.0. The summed E-state index contributed by atoms with van der Waals surface area (Å²) >= 11 is 0. The van der Waals surface area contributed by atoms with Crippen molar-refractivity contribution in [3.63, 3.8) is 0 Å². The third-order valence-electron chi connectivity index (χ3n) is 9.66. The van der Waals surface area contributed by atoms with Crippen molar-refractivity contribution in [2.45, 2.75) is 142 Å². The number of hydroxylamine groups is 2. The molecule has 2 heteroatoms. The maximum atomic E-state index is 7.19. The first-order valence-electron chi connectivity index (χ1n) is 14.8. The Morgan fingerprint density at radius 3 is 1.78 bits per heavy atom. The van der Waals surface area contributed by atoms with Crippen molar-refractivity contribution in [1.82, 2.24) is 5.06 Å². The Morgan fingerprint density at radius 1 is 0.784 bits per heavy atom. The molecule has 0 bridgehead atoms. The summed E-state index contributed by atoms with van der Waals surface area (Å²) in [6, 6.07) is 20.6. The van der Waals surface area contributed by atoms with E-state index in [9.17, 15) is 0 Å². The predicted molar refractivity (Wildman–Crippen MR) is 160 cm³/mol. The highest BCUT2D eigenvalue weighted by atomic mass is 16.7. The van der Waals surface area contributed by atoms with Gasteiger partial charge in [0, 0.05) is 17.0 Å². The maximum absolute atomic E-state index is 7.19. The van der Waals surface area contributed by atoms with Crippen LogP contribution in [0.15, 0.2) is 54.6 Å². The lowest BCUT2D eigenvalue weighted by Crippen LogP contribution is -2.61. The molecule has 0 aromatic heterocycles. The third kappa shape index (κ3) is 6.34. The molecule has 2 unspecified atom stereocenters. The lowest BCUT2D eigenvalue weighted by Gasteiger charge is -2.56. The van der Waals surface area contributed by atoms with Gasteiger partial charge in [-0.25, -0.2) is 0 Å². The van der Waals surface area contributed by atoms with E-state index in [2.05, 4.69) is 136 Å². The van der Waals surface area contributed by atoms with Gasteiger partial charge < -0.3 is 0 Å². The summed E-state index contributed by atoms with van der Waals surface area (Å²) in [5.41, 5.74) is 3.82. The van der Waals surface area contributed by atoms with E-state index in [1.807, 2.05) is 0 Å². The molecule has 206 valence electrons. The fourth-order valence-corrected chi connectivity index (χ4v) is 7.09. The average molecular weight is 506 g/mol. The number of rotatable bonds is 10. The molecule has 0 spiro atoms. The van der Waals surface area contributed by atoms with Crippen LogP contribution in [0.5, 0.6) is 0 Å². The van der Waals surface area contributed by atoms with Crippen molar-refractivity contribution in [2.24, 2.45) is 5.92 Å². The molecule has 0 radical (unpaired) electrons. The van der Waals surface area contributed by atoms with E-state index in [-0.39, 0.29) is 28.0 Å². The molecule has 0 saturated carbocycles. The van der Waals surface area contributed by atoms with E-state index in [1.54, 1.807) is 0 Å². The lowest BCUT2D eigenvalue weighted by molar-refractivity contribution is -0.336. The van der Waals surface area contributed by atoms with Gasteiger partial charge in [-0.15, -0.1) is 0 Å². The van der Waals surface area contributed by atoms with Gasteiger partial charge in [0.1, 0.15) is 0 Å².